The molecule has 5 rings (SSSR count). The number of ether oxygens (including phenoxy) is 1. The fourth-order valence-corrected chi connectivity index (χ4v) is 5.23. The molecule has 2 aliphatic rings. The molecule has 3 aromatic rings. The Morgan fingerprint density at radius 3 is 2.67 bits per heavy atom. The Kier molecular flexibility index (Phi) is 3.57. The molecule has 10 heteroatoms. The fraction of sp³-hybridized carbons (Fsp3) is 0.471. The summed E-state index contributed by atoms with van der Waals surface area (Å²) in [6, 6.07) is 3.74. The van der Waals surface area contributed by atoms with Gasteiger partial charge >= 0.3 is 0 Å². The molecule has 1 aliphatic carbocycles. The van der Waals surface area contributed by atoms with Gasteiger partial charge in [0.2, 0.25) is 0 Å². The van der Waals surface area contributed by atoms with Crippen LogP contribution < -0.4 is 4.90 Å². The minimum absolute atomic E-state index is 0.628. The maximum absolute atomic E-state index is 12.6. The summed E-state index contributed by atoms with van der Waals surface area (Å²) in [7, 11) is -3.26. The van der Waals surface area contributed by atoms with Crippen LogP contribution >= 0.6 is 0 Å². The van der Waals surface area contributed by atoms with Crippen molar-refractivity contribution in [3.8, 4) is 5.82 Å². The van der Waals surface area contributed by atoms with Gasteiger partial charge in [0, 0.05) is 30.8 Å². The third kappa shape index (κ3) is 2.54. The molecule has 1 saturated carbocycles. The first-order chi connectivity index (χ1) is 13.0. The molecular formula is C17H20N6O3S. The quantitative estimate of drug-likeness (QED) is 0.711. The van der Waals surface area contributed by atoms with E-state index in [9.17, 15) is 8.42 Å². The minimum Gasteiger partial charge on any atom is -0.378 e. The SMILES string of the molecule is CS(=O)(=O)C1(c2cc(N3CCOCC3)nc3c2cnn3-c2ccn[nH]2)CC1. The van der Waals surface area contributed by atoms with Gasteiger partial charge in [-0.3, -0.25) is 5.10 Å². The summed E-state index contributed by atoms with van der Waals surface area (Å²) in [6.45, 7) is 2.71. The van der Waals surface area contributed by atoms with Gasteiger partial charge in [0.05, 0.1) is 30.4 Å². The molecule has 1 saturated heterocycles. The second-order valence-electron chi connectivity index (χ2n) is 7.13. The van der Waals surface area contributed by atoms with Gasteiger partial charge in [-0.05, 0) is 24.5 Å². The van der Waals surface area contributed by atoms with Crippen molar-refractivity contribution in [3.05, 3.63) is 30.1 Å². The highest BCUT2D eigenvalue weighted by Crippen LogP contribution is 2.54. The number of hydrogen-bond acceptors (Lipinski definition) is 7. The molecule has 3 aromatic heterocycles. The molecule has 1 aliphatic heterocycles. The second kappa shape index (κ2) is 5.77. The van der Waals surface area contributed by atoms with Gasteiger partial charge in [0.1, 0.15) is 5.82 Å². The summed E-state index contributed by atoms with van der Waals surface area (Å²) in [5, 5.41) is 12.1. The lowest BCUT2D eigenvalue weighted by Crippen LogP contribution is -2.37. The summed E-state index contributed by atoms with van der Waals surface area (Å²) in [4.78, 5) is 6.96. The van der Waals surface area contributed by atoms with Gasteiger partial charge in [-0.15, -0.1) is 0 Å². The Hall–Kier alpha value is -2.46. The topological polar surface area (TPSA) is 106 Å². The molecule has 0 bridgehead atoms. The zero-order valence-electron chi connectivity index (χ0n) is 14.9. The van der Waals surface area contributed by atoms with Gasteiger partial charge in [0.25, 0.3) is 0 Å². The summed E-state index contributed by atoms with van der Waals surface area (Å²) in [6.07, 6.45) is 5.92. The van der Waals surface area contributed by atoms with Crippen molar-refractivity contribution in [2.75, 3.05) is 37.5 Å². The molecule has 0 unspecified atom stereocenters. The minimum atomic E-state index is -3.26. The summed E-state index contributed by atoms with van der Waals surface area (Å²) in [5.74, 6) is 1.45. The number of rotatable bonds is 4. The summed E-state index contributed by atoms with van der Waals surface area (Å²) >= 11 is 0. The third-order valence-electron chi connectivity index (χ3n) is 5.48. The van der Waals surface area contributed by atoms with Crippen LogP contribution in [0.1, 0.15) is 18.4 Å². The number of pyridine rings is 1. The highest BCUT2D eigenvalue weighted by molar-refractivity contribution is 7.92. The molecule has 1 N–H and O–H groups in total. The summed E-state index contributed by atoms with van der Waals surface area (Å²) < 4.78 is 31.5. The van der Waals surface area contributed by atoms with Gasteiger partial charge in [-0.2, -0.15) is 14.9 Å². The first-order valence-corrected chi connectivity index (χ1v) is 10.8. The van der Waals surface area contributed by atoms with Crippen molar-refractivity contribution in [3.63, 3.8) is 0 Å². The van der Waals surface area contributed by atoms with Crippen LogP contribution in [-0.4, -0.2) is 65.9 Å². The molecule has 0 spiro atoms. The van der Waals surface area contributed by atoms with Crippen molar-refractivity contribution in [1.82, 2.24) is 25.0 Å². The number of fused-ring (bicyclic) bond motifs is 1. The smallest absolute Gasteiger partial charge is 0.167 e. The van der Waals surface area contributed by atoms with Crippen molar-refractivity contribution in [2.24, 2.45) is 0 Å². The van der Waals surface area contributed by atoms with Crippen LogP contribution in [0.2, 0.25) is 0 Å². The Labute approximate surface area is 156 Å². The average Bonchev–Trinajstić information content (AvgIpc) is 3.11. The van der Waals surface area contributed by atoms with Gasteiger partial charge < -0.3 is 9.64 Å². The van der Waals surface area contributed by atoms with E-state index in [1.54, 1.807) is 23.1 Å². The van der Waals surface area contributed by atoms with Crippen LogP contribution in [0.25, 0.3) is 16.9 Å². The predicted molar refractivity (Wildman–Crippen MR) is 99.8 cm³/mol. The highest BCUT2D eigenvalue weighted by atomic mass is 32.2. The van der Waals surface area contributed by atoms with Crippen LogP contribution in [0.4, 0.5) is 5.82 Å². The maximum Gasteiger partial charge on any atom is 0.167 e. The molecule has 142 valence electrons. The number of anilines is 1. The number of aromatic nitrogens is 5. The zero-order chi connectivity index (χ0) is 18.6. The molecule has 0 radical (unpaired) electrons. The number of hydrogen-bond donors (Lipinski definition) is 1. The van der Waals surface area contributed by atoms with E-state index in [-0.39, 0.29) is 0 Å². The molecule has 2 fully saturated rings. The van der Waals surface area contributed by atoms with E-state index in [1.807, 2.05) is 6.07 Å². The standard InChI is InChI=1S/C17H20N6O3S/c1-27(24,25)17(3-4-17)13-10-15(22-6-8-26-9-7-22)20-16-12(13)11-19-23(16)14-2-5-18-21-14/h2,5,10-11H,3-4,6-9H2,1H3,(H,18,21). The van der Waals surface area contributed by atoms with Crippen LogP contribution in [0.5, 0.6) is 0 Å². The molecule has 9 nitrogen and oxygen atoms in total. The number of sulfone groups is 1. The van der Waals surface area contributed by atoms with Crippen LogP contribution in [0.3, 0.4) is 0 Å². The Bertz CT molecular complexity index is 1100. The zero-order valence-corrected chi connectivity index (χ0v) is 15.7. The Morgan fingerprint density at radius 2 is 2.04 bits per heavy atom. The normalized spacial score (nSPS) is 19.5. The average molecular weight is 388 g/mol. The van der Waals surface area contributed by atoms with E-state index in [0.29, 0.717) is 37.5 Å². The van der Waals surface area contributed by atoms with Gasteiger partial charge in [-0.25, -0.2) is 13.4 Å². The van der Waals surface area contributed by atoms with Gasteiger partial charge in [-0.1, -0.05) is 0 Å². The van der Waals surface area contributed by atoms with E-state index >= 15 is 0 Å². The van der Waals surface area contributed by atoms with E-state index in [1.165, 1.54) is 6.26 Å². The number of H-pyrrole nitrogens is 1. The monoisotopic (exact) mass is 388 g/mol. The Morgan fingerprint density at radius 1 is 1.26 bits per heavy atom. The molecule has 0 aromatic carbocycles. The lowest BCUT2D eigenvalue weighted by Gasteiger charge is -2.29. The van der Waals surface area contributed by atoms with E-state index in [2.05, 4.69) is 20.2 Å². The third-order valence-corrected chi connectivity index (χ3v) is 7.53. The van der Waals surface area contributed by atoms with Crippen LogP contribution in [0.15, 0.2) is 24.5 Å². The first-order valence-electron chi connectivity index (χ1n) is 8.91. The van der Waals surface area contributed by atoms with E-state index < -0.39 is 14.6 Å². The highest BCUT2D eigenvalue weighted by Gasteiger charge is 2.54. The van der Waals surface area contributed by atoms with Crippen molar-refractivity contribution < 1.29 is 13.2 Å². The molecule has 0 atom stereocenters. The number of aromatic amines is 1. The maximum atomic E-state index is 12.6. The lowest BCUT2D eigenvalue weighted by molar-refractivity contribution is 0.122. The van der Waals surface area contributed by atoms with Crippen molar-refractivity contribution in [1.29, 1.82) is 0 Å². The Balaban J connectivity index is 1.75. The molecule has 27 heavy (non-hydrogen) atoms. The van der Waals surface area contributed by atoms with Crippen LogP contribution in [-0.2, 0) is 19.3 Å². The van der Waals surface area contributed by atoms with Crippen molar-refractivity contribution in [2.45, 2.75) is 17.6 Å². The predicted octanol–water partition coefficient (Wildman–Crippen LogP) is 1.01. The largest absolute Gasteiger partial charge is 0.378 e. The number of nitrogens with zero attached hydrogens (tertiary/aromatic N) is 5. The summed E-state index contributed by atoms with van der Waals surface area (Å²) in [5.41, 5.74) is 1.43. The molecular weight excluding hydrogens is 368 g/mol. The van der Waals surface area contributed by atoms with Crippen molar-refractivity contribution >= 4 is 26.7 Å². The van der Waals surface area contributed by atoms with E-state index in [0.717, 1.165) is 29.9 Å². The molecule has 4 heterocycles. The fourth-order valence-electron chi connectivity index (χ4n) is 3.81. The van der Waals surface area contributed by atoms with Gasteiger partial charge in [0.15, 0.2) is 21.3 Å². The number of morpholine rings is 1. The number of nitrogens with one attached hydrogen (secondary N) is 1. The molecule has 0 amide bonds. The lowest BCUT2D eigenvalue weighted by atomic mass is 10.1. The first kappa shape index (κ1) is 16.7. The van der Waals surface area contributed by atoms with Crippen LogP contribution in [0, 0.1) is 0 Å². The second-order valence-corrected chi connectivity index (χ2v) is 9.46. The van der Waals surface area contributed by atoms with E-state index in [4.69, 9.17) is 9.72 Å².